The summed E-state index contributed by atoms with van der Waals surface area (Å²) >= 11 is 0. The lowest BCUT2D eigenvalue weighted by atomic mass is 10.1. The fourth-order valence-corrected chi connectivity index (χ4v) is 2.82. The maximum absolute atomic E-state index is 11.7. The maximum Gasteiger partial charge on any atom is 0.295 e. The molecule has 1 heterocycles. The van der Waals surface area contributed by atoms with Crippen LogP contribution in [0, 0.1) is 0 Å². The van der Waals surface area contributed by atoms with Gasteiger partial charge in [0.2, 0.25) is 10.8 Å². The third-order valence-electron chi connectivity index (χ3n) is 2.73. The summed E-state index contributed by atoms with van der Waals surface area (Å²) in [5.74, 6) is -0.430. The molecule has 7 heteroatoms. The van der Waals surface area contributed by atoms with Gasteiger partial charge in [0.25, 0.3) is 10.1 Å². The van der Waals surface area contributed by atoms with E-state index in [1.165, 1.54) is 12.2 Å². The summed E-state index contributed by atoms with van der Waals surface area (Å²) < 4.78 is 32.5. The molecule has 6 nitrogen and oxygen atoms in total. The van der Waals surface area contributed by atoms with Gasteiger partial charge in [0.05, 0.1) is 6.42 Å². The van der Waals surface area contributed by atoms with Crippen molar-refractivity contribution < 1.29 is 17.8 Å². The van der Waals surface area contributed by atoms with Gasteiger partial charge in [0.15, 0.2) is 0 Å². The van der Waals surface area contributed by atoms with E-state index < -0.39 is 20.9 Å². The first-order chi connectivity index (χ1) is 7.87. The minimum absolute atomic E-state index is 0.00907. The first kappa shape index (κ1) is 12.0. The van der Waals surface area contributed by atoms with Crippen molar-refractivity contribution in [3.8, 4) is 0 Å². The average Bonchev–Trinajstić information content (AvgIpc) is 2.57. The van der Waals surface area contributed by atoms with E-state index in [1.54, 1.807) is 19.1 Å². The van der Waals surface area contributed by atoms with Crippen molar-refractivity contribution in [3.05, 3.63) is 24.3 Å². The Kier molecular flexibility index (Phi) is 2.67. The van der Waals surface area contributed by atoms with E-state index in [4.69, 9.17) is 0 Å². The first-order valence-corrected chi connectivity index (χ1v) is 6.49. The van der Waals surface area contributed by atoms with Crippen molar-refractivity contribution in [1.82, 2.24) is 5.01 Å². The van der Waals surface area contributed by atoms with E-state index >= 15 is 0 Å². The number of rotatable bonds is 2. The van der Waals surface area contributed by atoms with Crippen LogP contribution in [0.25, 0.3) is 0 Å². The van der Waals surface area contributed by atoms with Crippen LogP contribution in [0.2, 0.25) is 0 Å². The zero-order valence-corrected chi connectivity index (χ0v) is 10.0. The maximum atomic E-state index is 11.7. The predicted octanol–water partition coefficient (Wildman–Crippen LogP) is 0.695. The molecule has 0 fully saturated rings. The van der Waals surface area contributed by atoms with Crippen LogP contribution >= 0.6 is 0 Å². The molecule has 0 aromatic carbocycles. The highest BCUT2D eigenvalue weighted by Crippen LogP contribution is 2.33. The van der Waals surface area contributed by atoms with Crippen LogP contribution in [0.15, 0.2) is 29.4 Å². The molecule has 0 aromatic rings. The minimum atomic E-state index is -4.47. The van der Waals surface area contributed by atoms with Gasteiger partial charge in [0.1, 0.15) is 0 Å². The van der Waals surface area contributed by atoms with Crippen molar-refractivity contribution in [3.63, 3.8) is 0 Å². The van der Waals surface area contributed by atoms with Gasteiger partial charge in [-0.15, -0.1) is 0 Å². The Bertz CT molecular complexity index is 547. The van der Waals surface area contributed by atoms with E-state index in [2.05, 4.69) is 5.10 Å². The fraction of sp³-hybridized carbons (Fsp3) is 0.400. The second kappa shape index (κ2) is 3.78. The number of carbonyl (C=O) groups excluding carboxylic acids is 1. The summed E-state index contributed by atoms with van der Waals surface area (Å²) in [6.45, 7) is 1.64. The summed E-state index contributed by atoms with van der Waals surface area (Å²) in [6, 6.07) is 0. The van der Waals surface area contributed by atoms with Crippen molar-refractivity contribution in [2.45, 2.75) is 24.6 Å². The van der Waals surface area contributed by atoms with Crippen molar-refractivity contribution in [1.29, 1.82) is 0 Å². The molecule has 0 radical (unpaired) electrons. The minimum Gasteiger partial charge on any atom is -0.283 e. The van der Waals surface area contributed by atoms with Gasteiger partial charge in [-0.3, -0.25) is 9.35 Å². The summed E-state index contributed by atoms with van der Waals surface area (Å²) in [6.07, 6.45) is 6.06. The van der Waals surface area contributed by atoms with Crippen molar-refractivity contribution in [2.24, 2.45) is 5.10 Å². The number of hydrazone groups is 1. The van der Waals surface area contributed by atoms with E-state index in [0.29, 0.717) is 5.71 Å². The SMILES string of the molecule is CC1=NN(C2(S(=O)(=O)O)C=CC=CC2)C(=O)C1. The highest BCUT2D eigenvalue weighted by molar-refractivity contribution is 7.87. The molecule has 0 aromatic heterocycles. The molecule has 1 unspecified atom stereocenters. The Balaban J connectivity index is 2.53. The van der Waals surface area contributed by atoms with E-state index in [9.17, 15) is 17.8 Å². The topological polar surface area (TPSA) is 87.0 Å². The van der Waals surface area contributed by atoms with Gasteiger partial charge in [-0.25, -0.2) is 5.01 Å². The third kappa shape index (κ3) is 1.81. The standard InChI is InChI=1S/C10H12N2O4S/c1-8-7-9(13)12(11-8)10(17(14,15)16)5-3-2-4-6-10/h2-5H,6-7H2,1H3,(H,14,15,16). The Morgan fingerprint density at radius 2 is 2.18 bits per heavy atom. The monoisotopic (exact) mass is 256 g/mol. The molecule has 1 aliphatic heterocycles. The second-order valence-electron chi connectivity index (χ2n) is 4.03. The lowest BCUT2D eigenvalue weighted by Crippen LogP contribution is -2.51. The summed E-state index contributed by atoms with van der Waals surface area (Å²) in [4.78, 5) is 9.92. The number of hydrogen-bond donors (Lipinski definition) is 1. The molecule has 1 N–H and O–H groups in total. The average molecular weight is 256 g/mol. The van der Waals surface area contributed by atoms with Crippen LogP contribution in [0.4, 0.5) is 0 Å². The van der Waals surface area contributed by atoms with Crippen LogP contribution in [0.1, 0.15) is 19.8 Å². The quantitative estimate of drug-likeness (QED) is 0.736. The lowest BCUT2D eigenvalue weighted by molar-refractivity contribution is -0.131. The number of nitrogens with zero attached hydrogens (tertiary/aromatic N) is 2. The summed E-state index contributed by atoms with van der Waals surface area (Å²) in [5.41, 5.74) is 0.529. The van der Waals surface area contributed by atoms with Crippen LogP contribution in [0.3, 0.4) is 0 Å². The van der Waals surface area contributed by atoms with Crippen LogP contribution < -0.4 is 0 Å². The predicted molar refractivity (Wildman–Crippen MR) is 61.7 cm³/mol. The first-order valence-electron chi connectivity index (χ1n) is 5.05. The number of allylic oxidation sites excluding steroid dienone is 2. The Labute approximate surface area is 99.0 Å². The molecular weight excluding hydrogens is 244 g/mol. The Morgan fingerprint density at radius 1 is 1.47 bits per heavy atom. The Morgan fingerprint density at radius 3 is 2.59 bits per heavy atom. The van der Waals surface area contributed by atoms with Crippen LogP contribution in [0.5, 0.6) is 0 Å². The molecule has 0 saturated carbocycles. The molecule has 17 heavy (non-hydrogen) atoms. The largest absolute Gasteiger partial charge is 0.295 e. The fourth-order valence-electron chi connectivity index (χ4n) is 1.90. The number of amides is 1. The summed E-state index contributed by atoms with van der Waals surface area (Å²) in [7, 11) is -4.47. The molecule has 0 saturated heterocycles. The van der Waals surface area contributed by atoms with Gasteiger partial charge in [0, 0.05) is 12.1 Å². The van der Waals surface area contributed by atoms with Gasteiger partial charge < -0.3 is 0 Å². The van der Waals surface area contributed by atoms with E-state index in [0.717, 1.165) is 5.01 Å². The molecule has 1 atom stereocenters. The molecule has 92 valence electrons. The zero-order chi connectivity index (χ0) is 12.7. The number of carbonyl (C=O) groups is 1. The number of hydrogen-bond acceptors (Lipinski definition) is 4. The molecular formula is C10H12N2O4S. The van der Waals surface area contributed by atoms with Gasteiger partial charge >= 0.3 is 0 Å². The van der Waals surface area contributed by atoms with Crippen molar-refractivity contribution >= 4 is 21.7 Å². The second-order valence-corrected chi connectivity index (χ2v) is 5.69. The molecule has 0 bridgehead atoms. The van der Waals surface area contributed by atoms with Crippen LogP contribution in [-0.2, 0) is 14.9 Å². The highest BCUT2D eigenvalue weighted by atomic mass is 32.2. The lowest BCUT2D eigenvalue weighted by Gasteiger charge is -2.33. The third-order valence-corrected chi connectivity index (χ3v) is 4.10. The molecule has 1 amide bonds. The zero-order valence-electron chi connectivity index (χ0n) is 9.20. The summed E-state index contributed by atoms with van der Waals surface area (Å²) in [5, 5.41) is 4.77. The van der Waals surface area contributed by atoms with E-state index in [-0.39, 0.29) is 12.8 Å². The molecule has 2 rings (SSSR count). The van der Waals surface area contributed by atoms with Crippen molar-refractivity contribution in [2.75, 3.05) is 0 Å². The highest BCUT2D eigenvalue weighted by Gasteiger charge is 2.50. The molecule has 2 aliphatic rings. The normalized spacial score (nSPS) is 28.7. The smallest absolute Gasteiger partial charge is 0.283 e. The van der Waals surface area contributed by atoms with Gasteiger partial charge in [-0.2, -0.15) is 13.5 Å². The van der Waals surface area contributed by atoms with E-state index in [1.807, 2.05) is 0 Å². The molecule has 1 aliphatic carbocycles. The molecule has 0 spiro atoms. The van der Waals surface area contributed by atoms with Gasteiger partial charge in [-0.1, -0.05) is 18.2 Å². The van der Waals surface area contributed by atoms with Crippen LogP contribution in [-0.4, -0.2) is 34.5 Å². The Hall–Kier alpha value is -1.47. The van der Waals surface area contributed by atoms with Gasteiger partial charge in [-0.05, 0) is 13.0 Å².